The van der Waals surface area contributed by atoms with Gasteiger partial charge in [-0.1, -0.05) is 23.8 Å². The summed E-state index contributed by atoms with van der Waals surface area (Å²) in [6.45, 7) is 2.07. The summed E-state index contributed by atoms with van der Waals surface area (Å²) in [6, 6.07) is 0. The molecular formula is C8H12. The van der Waals surface area contributed by atoms with Crippen LogP contribution >= 0.6 is 0 Å². The second kappa shape index (κ2) is 2.71. The molecule has 0 unspecified atom stereocenters. The van der Waals surface area contributed by atoms with Crippen LogP contribution in [0.15, 0.2) is 23.8 Å². The molecule has 1 aliphatic carbocycles. The van der Waals surface area contributed by atoms with Gasteiger partial charge in [0.1, 0.15) is 0 Å². The van der Waals surface area contributed by atoms with E-state index in [2.05, 4.69) is 25.2 Å². The lowest BCUT2D eigenvalue weighted by atomic mass is 10.2. The fourth-order valence-electron chi connectivity index (χ4n) is 1.06. The zero-order chi connectivity index (χ0) is 5.82. The molecule has 0 aromatic rings. The Kier molecular flexibility index (Phi) is 1.90. The van der Waals surface area contributed by atoms with Gasteiger partial charge in [-0.25, -0.2) is 0 Å². The van der Waals surface area contributed by atoms with Crippen LogP contribution in [0.4, 0.5) is 0 Å². The van der Waals surface area contributed by atoms with E-state index in [0.29, 0.717) is 0 Å². The number of rotatable bonds is 1. The van der Waals surface area contributed by atoms with Crippen molar-refractivity contribution in [1.29, 1.82) is 0 Å². The third-order valence-corrected chi connectivity index (χ3v) is 1.46. The van der Waals surface area contributed by atoms with E-state index >= 15 is 0 Å². The highest BCUT2D eigenvalue weighted by Gasteiger charge is 1.97. The van der Waals surface area contributed by atoms with Gasteiger partial charge in [-0.05, 0) is 26.2 Å². The second-order valence-electron chi connectivity index (χ2n) is 2.17. The molecule has 0 aliphatic heterocycles. The fraction of sp³-hybridized carbons (Fsp3) is 0.500. The molecule has 8 heavy (non-hydrogen) atoms. The van der Waals surface area contributed by atoms with Crippen molar-refractivity contribution in [2.24, 2.45) is 0 Å². The van der Waals surface area contributed by atoms with Gasteiger partial charge in [-0.15, -0.1) is 0 Å². The lowest BCUT2D eigenvalue weighted by molar-refractivity contribution is 0.916. The molecule has 0 N–H and O–H groups in total. The van der Waals surface area contributed by atoms with E-state index in [1.165, 1.54) is 24.8 Å². The van der Waals surface area contributed by atoms with Gasteiger partial charge in [0.05, 0.1) is 0 Å². The van der Waals surface area contributed by atoms with Gasteiger partial charge in [0, 0.05) is 0 Å². The lowest BCUT2D eigenvalue weighted by Gasteiger charge is -1.85. The summed E-state index contributed by atoms with van der Waals surface area (Å²) < 4.78 is 0. The Morgan fingerprint density at radius 3 is 3.00 bits per heavy atom. The Morgan fingerprint density at radius 2 is 2.50 bits per heavy atom. The van der Waals surface area contributed by atoms with Crippen LogP contribution in [0.3, 0.4) is 0 Å². The first-order chi connectivity index (χ1) is 3.93. The highest BCUT2D eigenvalue weighted by molar-refractivity contribution is 5.20. The highest BCUT2D eigenvalue weighted by Crippen LogP contribution is 2.17. The molecule has 0 heterocycles. The number of hydrogen-bond acceptors (Lipinski definition) is 0. The molecule has 0 nitrogen and oxygen atoms in total. The molecule has 0 radical (unpaired) electrons. The van der Waals surface area contributed by atoms with Crippen molar-refractivity contribution in [1.82, 2.24) is 0 Å². The van der Waals surface area contributed by atoms with Crippen LogP contribution in [0.25, 0.3) is 0 Å². The van der Waals surface area contributed by atoms with Crippen LogP contribution in [0, 0.1) is 0 Å². The molecular weight excluding hydrogens is 96.1 g/mol. The Labute approximate surface area is 50.9 Å². The maximum atomic E-state index is 2.32. The topological polar surface area (TPSA) is 0 Å². The summed E-state index contributed by atoms with van der Waals surface area (Å²) in [7, 11) is 0. The average molecular weight is 108 g/mol. The van der Waals surface area contributed by atoms with E-state index in [9.17, 15) is 0 Å². The minimum atomic E-state index is 1.29. The van der Waals surface area contributed by atoms with Gasteiger partial charge in [-0.2, -0.15) is 0 Å². The van der Waals surface area contributed by atoms with Crippen molar-refractivity contribution in [2.45, 2.75) is 26.2 Å². The van der Waals surface area contributed by atoms with Crippen LogP contribution in [-0.4, -0.2) is 0 Å². The van der Waals surface area contributed by atoms with Crippen molar-refractivity contribution < 1.29 is 0 Å². The third kappa shape index (κ3) is 1.22. The zero-order valence-electron chi connectivity index (χ0n) is 5.35. The first-order valence-electron chi connectivity index (χ1n) is 3.25. The molecule has 0 spiro atoms. The molecule has 44 valence electrons. The molecule has 0 fully saturated rings. The predicted molar refractivity (Wildman–Crippen MR) is 36.7 cm³/mol. The maximum absolute atomic E-state index is 2.32. The minimum Gasteiger partial charge on any atom is -0.0874 e. The first kappa shape index (κ1) is 5.61. The SMILES string of the molecule is C/C=C/C1=CCCC1. The minimum absolute atomic E-state index is 1.29. The van der Waals surface area contributed by atoms with E-state index < -0.39 is 0 Å². The van der Waals surface area contributed by atoms with Gasteiger partial charge in [0.25, 0.3) is 0 Å². The van der Waals surface area contributed by atoms with E-state index in [1.807, 2.05) is 0 Å². The standard InChI is InChI=1S/C8H12/c1-2-5-8-6-3-4-7-8/h2,5-6H,3-4,7H2,1H3/b5-2+. The van der Waals surface area contributed by atoms with Gasteiger partial charge in [-0.3, -0.25) is 0 Å². The van der Waals surface area contributed by atoms with Crippen molar-refractivity contribution in [2.75, 3.05) is 0 Å². The van der Waals surface area contributed by atoms with E-state index in [1.54, 1.807) is 0 Å². The quantitative estimate of drug-likeness (QED) is 0.484. The summed E-state index contributed by atoms with van der Waals surface area (Å²) in [6.07, 6.45) is 10.6. The monoisotopic (exact) mass is 108 g/mol. The van der Waals surface area contributed by atoms with E-state index in [-0.39, 0.29) is 0 Å². The van der Waals surface area contributed by atoms with Crippen LogP contribution in [0.5, 0.6) is 0 Å². The van der Waals surface area contributed by atoms with E-state index in [4.69, 9.17) is 0 Å². The fourth-order valence-corrected chi connectivity index (χ4v) is 1.06. The molecule has 0 aromatic heterocycles. The molecule has 0 amide bonds. The smallest absolute Gasteiger partial charge is 0.0279 e. The normalized spacial score (nSPS) is 19.9. The third-order valence-electron chi connectivity index (χ3n) is 1.46. The molecule has 0 atom stereocenters. The molecule has 0 saturated heterocycles. The summed E-state index contributed by atoms with van der Waals surface area (Å²) in [5.74, 6) is 0. The summed E-state index contributed by atoms with van der Waals surface area (Å²) >= 11 is 0. The van der Waals surface area contributed by atoms with Gasteiger partial charge >= 0.3 is 0 Å². The summed E-state index contributed by atoms with van der Waals surface area (Å²) in [5.41, 5.74) is 1.52. The van der Waals surface area contributed by atoms with Crippen molar-refractivity contribution in [3.8, 4) is 0 Å². The largest absolute Gasteiger partial charge is 0.0874 e. The predicted octanol–water partition coefficient (Wildman–Crippen LogP) is 2.67. The second-order valence-corrected chi connectivity index (χ2v) is 2.17. The maximum Gasteiger partial charge on any atom is -0.0279 e. The number of hydrogen-bond donors (Lipinski definition) is 0. The molecule has 0 bridgehead atoms. The van der Waals surface area contributed by atoms with Crippen LogP contribution in [0.2, 0.25) is 0 Å². The van der Waals surface area contributed by atoms with Crippen LogP contribution in [0.1, 0.15) is 26.2 Å². The Balaban J connectivity index is 2.45. The van der Waals surface area contributed by atoms with Crippen molar-refractivity contribution in [3.63, 3.8) is 0 Å². The number of allylic oxidation sites excluding steroid dienone is 4. The molecule has 0 saturated carbocycles. The average Bonchev–Trinajstić information content (AvgIpc) is 2.19. The van der Waals surface area contributed by atoms with Crippen molar-refractivity contribution >= 4 is 0 Å². The lowest BCUT2D eigenvalue weighted by Crippen LogP contribution is -1.65. The Hall–Kier alpha value is -0.520. The zero-order valence-corrected chi connectivity index (χ0v) is 5.35. The van der Waals surface area contributed by atoms with Gasteiger partial charge < -0.3 is 0 Å². The van der Waals surface area contributed by atoms with Crippen molar-refractivity contribution in [3.05, 3.63) is 23.8 Å². The summed E-state index contributed by atoms with van der Waals surface area (Å²) in [4.78, 5) is 0. The van der Waals surface area contributed by atoms with Gasteiger partial charge in [0.15, 0.2) is 0 Å². The van der Waals surface area contributed by atoms with Crippen LogP contribution in [-0.2, 0) is 0 Å². The summed E-state index contributed by atoms with van der Waals surface area (Å²) in [5, 5.41) is 0. The molecule has 1 aliphatic rings. The molecule has 0 heteroatoms. The van der Waals surface area contributed by atoms with E-state index in [0.717, 1.165) is 0 Å². The molecule has 0 aromatic carbocycles. The Bertz CT molecular complexity index is 118. The van der Waals surface area contributed by atoms with Crippen LogP contribution < -0.4 is 0 Å². The first-order valence-corrected chi connectivity index (χ1v) is 3.25. The molecule has 1 rings (SSSR count). The van der Waals surface area contributed by atoms with Gasteiger partial charge in [0.2, 0.25) is 0 Å². The highest BCUT2D eigenvalue weighted by atomic mass is 14.0. The Morgan fingerprint density at radius 1 is 1.62 bits per heavy atom.